The molecular formula is C10H15N3O4. The molecule has 94 valence electrons. The van der Waals surface area contributed by atoms with Crippen LogP contribution in [0.25, 0.3) is 0 Å². The van der Waals surface area contributed by atoms with E-state index in [-0.39, 0.29) is 18.8 Å². The number of nitrogens with one attached hydrogen (secondary N) is 1. The summed E-state index contributed by atoms with van der Waals surface area (Å²) in [6.07, 6.45) is 0.890. The molecule has 0 bridgehead atoms. The van der Waals surface area contributed by atoms with Gasteiger partial charge in [0.2, 0.25) is 0 Å². The van der Waals surface area contributed by atoms with Crippen molar-refractivity contribution in [1.29, 1.82) is 0 Å². The molecule has 7 nitrogen and oxygen atoms in total. The number of nitrogens with two attached hydrogens (primary N) is 1. The van der Waals surface area contributed by atoms with E-state index in [1.165, 1.54) is 10.8 Å². The Labute approximate surface area is 96.8 Å². The summed E-state index contributed by atoms with van der Waals surface area (Å²) in [7, 11) is 0. The third-order valence-electron chi connectivity index (χ3n) is 2.86. The molecule has 1 aromatic rings. The van der Waals surface area contributed by atoms with Gasteiger partial charge in [-0.1, -0.05) is 0 Å². The molecule has 0 amide bonds. The van der Waals surface area contributed by atoms with E-state index in [9.17, 15) is 9.59 Å². The maximum atomic E-state index is 11.6. The minimum atomic E-state index is -0.643. The van der Waals surface area contributed by atoms with E-state index in [0.717, 1.165) is 0 Å². The molecule has 2 rings (SSSR count). The van der Waals surface area contributed by atoms with E-state index < -0.39 is 17.5 Å². The quantitative estimate of drug-likeness (QED) is 0.580. The average molecular weight is 241 g/mol. The summed E-state index contributed by atoms with van der Waals surface area (Å²) in [5.74, 6) is 0. The zero-order chi connectivity index (χ0) is 12.6. The highest BCUT2D eigenvalue weighted by molar-refractivity contribution is 5.02. The van der Waals surface area contributed by atoms with Crippen molar-refractivity contribution >= 4 is 0 Å². The largest absolute Gasteiger partial charge is 0.394 e. The van der Waals surface area contributed by atoms with Crippen LogP contribution in [-0.4, -0.2) is 33.4 Å². The highest BCUT2D eigenvalue weighted by Gasteiger charge is 2.34. The van der Waals surface area contributed by atoms with Gasteiger partial charge >= 0.3 is 5.69 Å². The van der Waals surface area contributed by atoms with Crippen LogP contribution in [0.15, 0.2) is 15.8 Å². The summed E-state index contributed by atoms with van der Waals surface area (Å²) in [4.78, 5) is 25.0. The molecule has 17 heavy (non-hydrogen) atoms. The highest BCUT2D eigenvalue weighted by Crippen LogP contribution is 2.25. The van der Waals surface area contributed by atoms with Gasteiger partial charge in [-0.15, -0.1) is 0 Å². The van der Waals surface area contributed by atoms with Crippen LogP contribution < -0.4 is 17.0 Å². The first-order chi connectivity index (χ1) is 8.02. The van der Waals surface area contributed by atoms with Gasteiger partial charge in [-0.05, 0) is 13.3 Å². The van der Waals surface area contributed by atoms with Gasteiger partial charge in [0.15, 0.2) is 6.23 Å². The zero-order valence-electron chi connectivity index (χ0n) is 9.42. The van der Waals surface area contributed by atoms with Gasteiger partial charge in [-0.2, -0.15) is 0 Å². The number of nitrogens with zero attached hydrogens (tertiary/aromatic N) is 1. The normalized spacial score (nSPS) is 28.5. The van der Waals surface area contributed by atoms with Crippen LogP contribution in [0.5, 0.6) is 0 Å². The lowest BCUT2D eigenvalue weighted by Crippen LogP contribution is -2.38. The Bertz CT molecular complexity index is 521. The molecule has 0 radical (unpaired) electrons. The van der Waals surface area contributed by atoms with Crippen LogP contribution in [0.1, 0.15) is 18.2 Å². The first-order valence-corrected chi connectivity index (χ1v) is 5.37. The average Bonchev–Trinajstić information content (AvgIpc) is 2.65. The fourth-order valence-corrected chi connectivity index (χ4v) is 1.94. The van der Waals surface area contributed by atoms with Gasteiger partial charge in [0, 0.05) is 11.8 Å². The summed E-state index contributed by atoms with van der Waals surface area (Å²) in [5, 5.41) is 8.99. The Kier molecular flexibility index (Phi) is 3.14. The molecule has 7 heteroatoms. The Balaban J connectivity index is 2.38. The minimum Gasteiger partial charge on any atom is -0.394 e. The SMILES string of the molecule is Cc1cn([C@@H]2O[C@H](CO)C[C@H]2N)c(=O)[nH]c1=O. The lowest BCUT2D eigenvalue weighted by atomic mass is 10.2. The number of aromatic amines is 1. The number of aryl methyl sites for hydroxylation is 1. The fraction of sp³-hybridized carbons (Fsp3) is 0.600. The van der Waals surface area contributed by atoms with Crippen LogP contribution >= 0.6 is 0 Å². The lowest BCUT2D eigenvalue weighted by Gasteiger charge is -2.17. The van der Waals surface area contributed by atoms with Crippen LogP contribution in [-0.2, 0) is 4.74 Å². The predicted octanol–water partition coefficient (Wildman–Crippen LogP) is -1.55. The molecule has 2 heterocycles. The highest BCUT2D eigenvalue weighted by atomic mass is 16.5. The van der Waals surface area contributed by atoms with Gasteiger partial charge in [-0.25, -0.2) is 4.79 Å². The third kappa shape index (κ3) is 2.17. The van der Waals surface area contributed by atoms with E-state index in [1.807, 2.05) is 0 Å². The van der Waals surface area contributed by atoms with Gasteiger partial charge in [-0.3, -0.25) is 14.3 Å². The van der Waals surface area contributed by atoms with Crippen molar-refractivity contribution in [2.24, 2.45) is 5.73 Å². The first-order valence-electron chi connectivity index (χ1n) is 5.37. The Hall–Kier alpha value is -1.44. The second-order valence-electron chi connectivity index (χ2n) is 4.21. The van der Waals surface area contributed by atoms with Crippen LogP contribution in [0.3, 0.4) is 0 Å². The van der Waals surface area contributed by atoms with Crippen LogP contribution in [0.2, 0.25) is 0 Å². The van der Waals surface area contributed by atoms with Crippen molar-refractivity contribution in [2.75, 3.05) is 6.61 Å². The molecule has 0 saturated carbocycles. The van der Waals surface area contributed by atoms with Gasteiger partial charge in [0.1, 0.15) is 0 Å². The zero-order valence-corrected chi connectivity index (χ0v) is 9.42. The maximum Gasteiger partial charge on any atom is 0.330 e. The van der Waals surface area contributed by atoms with Crippen molar-refractivity contribution in [3.05, 3.63) is 32.6 Å². The van der Waals surface area contributed by atoms with Gasteiger partial charge in [0.25, 0.3) is 5.56 Å². The number of rotatable bonds is 2. The number of ether oxygens (including phenoxy) is 1. The summed E-state index contributed by atoms with van der Waals surface area (Å²) in [5.41, 5.74) is 5.28. The van der Waals surface area contributed by atoms with Crippen LogP contribution in [0, 0.1) is 6.92 Å². The van der Waals surface area contributed by atoms with E-state index in [2.05, 4.69) is 4.98 Å². The number of aromatic nitrogens is 2. The molecule has 0 aromatic carbocycles. The van der Waals surface area contributed by atoms with Gasteiger partial charge < -0.3 is 15.6 Å². The second-order valence-corrected chi connectivity index (χ2v) is 4.21. The molecule has 0 spiro atoms. The molecule has 1 aromatic heterocycles. The molecule has 4 N–H and O–H groups in total. The second kappa shape index (κ2) is 4.44. The molecule has 1 aliphatic heterocycles. The van der Waals surface area contributed by atoms with E-state index in [4.69, 9.17) is 15.6 Å². The molecule has 1 aliphatic rings. The van der Waals surface area contributed by atoms with Crippen molar-refractivity contribution in [3.63, 3.8) is 0 Å². The van der Waals surface area contributed by atoms with Crippen molar-refractivity contribution in [2.45, 2.75) is 31.7 Å². The Morgan fingerprint density at radius 2 is 2.35 bits per heavy atom. The number of hydrogen-bond acceptors (Lipinski definition) is 5. The third-order valence-corrected chi connectivity index (χ3v) is 2.86. The minimum absolute atomic E-state index is 0.138. The van der Waals surface area contributed by atoms with E-state index >= 15 is 0 Å². The predicted molar refractivity (Wildman–Crippen MR) is 59.6 cm³/mol. The standard InChI is InChI=1S/C10H15N3O4/c1-5-3-13(10(16)12-8(5)15)9-7(11)2-6(4-14)17-9/h3,6-7,9,14H,2,4,11H2,1H3,(H,12,15,16)/t6-,7+,9+/m0/s1. The fourth-order valence-electron chi connectivity index (χ4n) is 1.94. The number of aliphatic hydroxyl groups excluding tert-OH is 1. The summed E-state index contributed by atoms with van der Waals surface area (Å²) in [6.45, 7) is 1.46. The Morgan fingerprint density at radius 1 is 1.65 bits per heavy atom. The smallest absolute Gasteiger partial charge is 0.330 e. The van der Waals surface area contributed by atoms with E-state index in [1.54, 1.807) is 6.92 Å². The lowest BCUT2D eigenvalue weighted by molar-refractivity contribution is -0.0280. The molecular weight excluding hydrogens is 226 g/mol. The van der Waals surface area contributed by atoms with Crippen LogP contribution in [0.4, 0.5) is 0 Å². The van der Waals surface area contributed by atoms with Gasteiger partial charge in [0.05, 0.1) is 18.8 Å². The maximum absolute atomic E-state index is 11.6. The molecule has 1 saturated heterocycles. The monoisotopic (exact) mass is 241 g/mol. The van der Waals surface area contributed by atoms with Crippen molar-refractivity contribution < 1.29 is 9.84 Å². The first kappa shape index (κ1) is 12.0. The number of hydrogen-bond donors (Lipinski definition) is 3. The number of H-pyrrole nitrogens is 1. The van der Waals surface area contributed by atoms with Crippen molar-refractivity contribution in [1.82, 2.24) is 9.55 Å². The molecule has 0 unspecified atom stereocenters. The Morgan fingerprint density at radius 3 is 2.94 bits per heavy atom. The molecule has 3 atom stereocenters. The summed E-state index contributed by atoms with van der Waals surface area (Å²) < 4.78 is 6.71. The number of aliphatic hydroxyl groups is 1. The summed E-state index contributed by atoms with van der Waals surface area (Å²) in [6, 6.07) is -0.379. The molecule has 0 aliphatic carbocycles. The molecule has 1 fully saturated rings. The van der Waals surface area contributed by atoms with Crippen molar-refractivity contribution in [3.8, 4) is 0 Å². The summed E-state index contributed by atoms with van der Waals surface area (Å²) >= 11 is 0. The van der Waals surface area contributed by atoms with E-state index in [0.29, 0.717) is 12.0 Å². The topological polar surface area (TPSA) is 110 Å².